The Hall–Kier alpha value is -2.86. The molecule has 1 unspecified atom stereocenters. The zero-order valence-corrected chi connectivity index (χ0v) is 15.3. The van der Waals surface area contributed by atoms with Crippen molar-refractivity contribution in [1.29, 1.82) is 5.26 Å². The lowest BCUT2D eigenvalue weighted by Gasteiger charge is -2.12. The van der Waals surface area contributed by atoms with Crippen LogP contribution in [0.25, 0.3) is 5.65 Å². The van der Waals surface area contributed by atoms with Crippen molar-refractivity contribution >= 4 is 17.2 Å². The van der Waals surface area contributed by atoms with Crippen molar-refractivity contribution < 1.29 is 13.2 Å². The van der Waals surface area contributed by atoms with Gasteiger partial charge in [0.15, 0.2) is 5.69 Å². The lowest BCUT2D eigenvalue weighted by atomic mass is 10.1. The van der Waals surface area contributed by atoms with Gasteiger partial charge in [-0.15, -0.1) is 0 Å². The number of aromatic nitrogens is 4. The van der Waals surface area contributed by atoms with Crippen molar-refractivity contribution in [1.82, 2.24) is 19.2 Å². The summed E-state index contributed by atoms with van der Waals surface area (Å²) in [6.07, 6.45) is -3.92. The van der Waals surface area contributed by atoms with Crippen molar-refractivity contribution in [2.45, 2.75) is 32.0 Å². The van der Waals surface area contributed by atoms with Gasteiger partial charge in [0.05, 0.1) is 24.2 Å². The smallest absolute Gasteiger partial charge is 0.269 e. The number of nitrogens with zero attached hydrogens (tertiary/aromatic N) is 5. The van der Waals surface area contributed by atoms with Crippen molar-refractivity contribution in [3.63, 3.8) is 0 Å². The highest BCUT2D eigenvalue weighted by Crippen LogP contribution is 2.47. The van der Waals surface area contributed by atoms with Gasteiger partial charge in [-0.05, 0) is 25.0 Å². The van der Waals surface area contributed by atoms with Crippen LogP contribution in [0, 0.1) is 24.2 Å². The van der Waals surface area contributed by atoms with Crippen molar-refractivity contribution in [2.24, 2.45) is 5.92 Å². The third kappa shape index (κ3) is 3.14. The second-order valence-electron chi connectivity index (χ2n) is 6.77. The Morgan fingerprint density at radius 3 is 2.71 bits per heavy atom. The average molecular weight is 408 g/mol. The summed E-state index contributed by atoms with van der Waals surface area (Å²) in [4.78, 5) is 17.1. The fourth-order valence-electron chi connectivity index (χ4n) is 3.34. The predicted octanol–water partition coefficient (Wildman–Crippen LogP) is 3.55. The molecule has 10 heteroatoms. The summed E-state index contributed by atoms with van der Waals surface area (Å²) in [5, 5.41) is 12.4. The first-order chi connectivity index (χ1) is 13.2. The Balaban J connectivity index is 1.76. The topological polar surface area (TPSA) is 76.0 Å². The van der Waals surface area contributed by atoms with Crippen LogP contribution >= 0.6 is 11.6 Å². The number of aryl methyl sites for hydroxylation is 1. The van der Waals surface area contributed by atoms with E-state index in [1.807, 2.05) is 13.0 Å². The number of rotatable bonds is 3. The normalized spacial score (nSPS) is 19.0. The molecule has 0 aromatic carbocycles. The molecule has 6 nitrogen and oxygen atoms in total. The van der Waals surface area contributed by atoms with Crippen LogP contribution in [0.5, 0.6) is 0 Å². The maximum atomic E-state index is 12.8. The molecule has 0 bridgehead atoms. The molecule has 0 radical (unpaired) electrons. The molecule has 3 aromatic heterocycles. The molecule has 3 heterocycles. The molecular formula is C18H13ClF3N5O. The molecular weight excluding hydrogens is 395 g/mol. The summed E-state index contributed by atoms with van der Waals surface area (Å²) < 4.78 is 40.8. The molecule has 28 heavy (non-hydrogen) atoms. The van der Waals surface area contributed by atoms with Crippen LogP contribution in [0.15, 0.2) is 29.1 Å². The van der Waals surface area contributed by atoms with E-state index in [0.29, 0.717) is 12.1 Å². The van der Waals surface area contributed by atoms with Gasteiger partial charge in [0.25, 0.3) is 5.56 Å². The molecule has 1 aliphatic carbocycles. The van der Waals surface area contributed by atoms with Gasteiger partial charge < -0.3 is 0 Å². The maximum absolute atomic E-state index is 12.8. The molecule has 1 saturated carbocycles. The number of pyridine rings is 1. The van der Waals surface area contributed by atoms with E-state index in [-0.39, 0.29) is 34.8 Å². The lowest BCUT2D eigenvalue weighted by Crippen LogP contribution is -2.21. The summed E-state index contributed by atoms with van der Waals surface area (Å²) in [6.45, 7) is 1.69. The van der Waals surface area contributed by atoms with E-state index in [9.17, 15) is 18.0 Å². The monoisotopic (exact) mass is 407 g/mol. The summed E-state index contributed by atoms with van der Waals surface area (Å²) in [6, 6.07) is 7.67. The Morgan fingerprint density at radius 2 is 2.11 bits per heavy atom. The molecule has 1 fully saturated rings. The zero-order chi connectivity index (χ0) is 20.2. The molecule has 2 atom stereocenters. The highest BCUT2D eigenvalue weighted by molar-refractivity contribution is 6.29. The van der Waals surface area contributed by atoms with Gasteiger partial charge in [-0.1, -0.05) is 17.7 Å². The van der Waals surface area contributed by atoms with Gasteiger partial charge in [0.1, 0.15) is 10.8 Å². The van der Waals surface area contributed by atoms with Crippen molar-refractivity contribution in [2.75, 3.05) is 0 Å². The molecule has 4 rings (SSSR count). The molecule has 0 spiro atoms. The van der Waals surface area contributed by atoms with Crippen LogP contribution in [0.3, 0.4) is 0 Å². The highest BCUT2D eigenvalue weighted by atomic mass is 35.5. The summed E-state index contributed by atoms with van der Waals surface area (Å²) >= 11 is 5.85. The first-order valence-corrected chi connectivity index (χ1v) is 8.79. The minimum atomic E-state index is -4.61. The summed E-state index contributed by atoms with van der Waals surface area (Å²) in [5.74, 6) is -0.145. The van der Waals surface area contributed by atoms with Crippen LogP contribution in [0.1, 0.15) is 35.0 Å². The molecule has 0 aliphatic heterocycles. The van der Waals surface area contributed by atoms with Gasteiger partial charge >= 0.3 is 6.18 Å². The fourth-order valence-corrected chi connectivity index (χ4v) is 3.54. The highest BCUT2D eigenvalue weighted by Gasteiger charge is 2.41. The maximum Gasteiger partial charge on any atom is 0.435 e. The van der Waals surface area contributed by atoms with E-state index >= 15 is 0 Å². The van der Waals surface area contributed by atoms with Gasteiger partial charge in [-0.25, -0.2) is 9.67 Å². The van der Waals surface area contributed by atoms with Crippen molar-refractivity contribution in [3.05, 3.63) is 62.4 Å². The number of hydrogen-bond donors (Lipinski definition) is 0. The largest absolute Gasteiger partial charge is 0.435 e. The summed E-state index contributed by atoms with van der Waals surface area (Å²) in [7, 11) is 0. The second kappa shape index (κ2) is 6.34. The van der Waals surface area contributed by atoms with E-state index in [0.717, 1.165) is 22.0 Å². The molecule has 144 valence electrons. The quantitative estimate of drug-likeness (QED) is 0.665. The molecule has 0 amide bonds. The SMILES string of the molecule is Cc1ccc2nc(Cn3nc(C(F)(F)F)cc3Cl)cc(=O)n2c1[C@H]1CC1C#N. The lowest BCUT2D eigenvalue weighted by molar-refractivity contribution is -0.141. The first kappa shape index (κ1) is 18.5. The molecule has 0 saturated heterocycles. The van der Waals surface area contributed by atoms with Crippen LogP contribution in [0.2, 0.25) is 5.15 Å². The van der Waals surface area contributed by atoms with E-state index in [2.05, 4.69) is 16.2 Å². The third-order valence-electron chi connectivity index (χ3n) is 4.77. The Morgan fingerprint density at radius 1 is 1.36 bits per heavy atom. The molecule has 3 aromatic rings. The second-order valence-corrected chi connectivity index (χ2v) is 7.15. The average Bonchev–Trinajstić information content (AvgIpc) is 3.30. The number of nitriles is 1. The molecule has 1 aliphatic rings. The van der Waals surface area contributed by atoms with Gasteiger partial charge in [0, 0.05) is 23.7 Å². The number of alkyl halides is 3. The fraction of sp³-hybridized carbons (Fsp3) is 0.333. The van der Waals surface area contributed by atoms with E-state index < -0.39 is 11.9 Å². The van der Waals surface area contributed by atoms with Crippen LogP contribution in [0.4, 0.5) is 13.2 Å². The minimum absolute atomic E-state index is 0.0195. The third-order valence-corrected chi connectivity index (χ3v) is 5.07. The Kier molecular flexibility index (Phi) is 4.19. The predicted molar refractivity (Wildman–Crippen MR) is 94.0 cm³/mol. The number of hydrogen-bond acceptors (Lipinski definition) is 4. The van der Waals surface area contributed by atoms with Crippen molar-refractivity contribution in [3.8, 4) is 6.07 Å². The number of halogens is 4. The van der Waals surface area contributed by atoms with Crippen LogP contribution in [-0.2, 0) is 12.7 Å². The minimum Gasteiger partial charge on any atom is -0.269 e. The van der Waals surface area contributed by atoms with Gasteiger partial charge in [-0.3, -0.25) is 9.20 Å². The van der Waals surface area contributed by atoms with E-state index in [4.69, 9.17) is 16.9 Å². The van der Waals surface area contributed by atoms with E-state index in [1.54, 1.807) is 6.07 Å². The molecule has 0 N–H and O–H groups in total. The van der Waals surface area contributed by atoms with Crippen LogP contribution < -0.4 is 5.56 Å². The Bertz CT molecular complexity index is 1190. The number of fused-ring (bicyclic) bond motifs is 1. The standard InChI is InChI=1S/C18H13ClF3N5O/c1-9-2-3-15-24-11(8-26-14(19)6-13(25-26)18(20,21)22)5-16(28)27(15)17(9)12-4-10(12)7-23/h2-3,5-6,10,12H,4,8H2,1H3/t10?,12-/m0/s1. The van der Waals surface area contributed by atoms with E-state index in [1.165, 1.54) is 10.5 Å². The van der Waals surface area contributed by atoms with Gasteiger partial charge in [-0.2, -0.15) is 23.5 Å². The Labute approximate surface area is 161 Å². The first-order valence-electron chi connectivity index (χ1n) is 8.41. The van der Waals surface area contributed by atoms with Gasteiger partial charge in [0.2, 0.25) is 0 Å². The van der Waals surface area contributed by atoms with Crippen LogP contribution in [-0.4, -0.2) is 19.2 Å². The zero-order valence-electron chi connectivity index (χ0n) is 14.5. The summed E-state index contributed by atoms with van der Waals surface area (Å²) in [5.41, 5.74) is 0.782.